The molecule has 2 heterocycles. The average molecular weight is 337 g/mol. The molecular weight excluding hydrogens is 316 g/mol. The monoisotopic (exact) mass is 336 g/mol. The van der Waals surface area contributed by atoms with Crippen molar-refractivity contribution < 1.29 is 13.9 Å². The first-order valence-electron chi connectivity index (χ1n) is 7.59. The Morgan fingerprint density at radius 1 is 1.30 bits per heavy atom. The van der Waals surface area contributed by atoms with E-state index in [4.69, 9.17) is 9.15 Å². The predicted molar refractivity (Wildman–Crippen MR) is 90.1 cm³/mol. The van der Waals surface area contributed by atoms with Gasteiger partial charge < -0.3 is 19.8 Å². The second kappa shape index (κ2) is 8.60. The molecule has 1 atom stereocenters. The van der Waals surface area contributed by atoms with Crippen LogP contribution in [-0.4, -0.2) is 25.0 Å². The first-order valence-corrected chi connectivity index (χ1v) is 7.59. The molecule has 0 radical (unpaired) electrons. The first-order chi connectivity index (χ1) is 10.8. The van der Waals surface area contributed by atoms with Crippen molar-refractivity contribution in [1.29, 1.82) is 0 Å². The number of hydrogen-bond donors (Lipinski definition) is 2. The topological polar surface area (TPSA) is 63.5 Å². The number of para-hydroxylation sites is 1. The summed E-state index contributed by atoms with van der Waals surface area (Å²) in [7, 11) is 0. The molecule has 1 aromatic heterocycles. The van der Waals surface area contributed by atoms with Gasteiger partial charge in [-0.3, -0.25) is 4.79 Å². The quantitative estimate of drug-likeness (QED) is 0.881. The second-order valence-electron chi connectivity index (χ2n) is 5.39. The molecule has 1 aliphatic rings. The van der Waals surface area contributed by atoms with Gasteiger partial charge in [0.2, 0.25) is 0 Å². The summed E-state index contributed by atoms with van der Waals surface area (Å²) in [4.78, 5) is 12.3. The lowest BCUT2D eigenvalue weighted by Gasteiger charge is -2.23. The highest BCUT2D eigenvalue weighted by Crippen LogP contribution is 2.16. The number of carbonyl (C=O) groups is 1. The van der Waals surface area contributed by atoms with Crippen molar-refractivity contribution in [3.63, 3.8) is 0 Å². The maximum Gasteiger partial charge on any atom is 0.287 e. The molecule has 124 valence electrons. The van der Waals surface area contributed by atoms with Gasteiger partial charge in [-0.05, 0) is 37.6 Å². The SMILES string of the molecule is Cl.O=C(N[C@H]1CCCNC1)c1occc1COc1ccccc1. The van der Waals surface area contributed by atoms with E-state index in [2.05, 4.69) is 10.6 Å². The zero-order chi connectivity index (χ0) is 15.2. The Bertz CT molecular complexity index is 609. The van der Waals surface area contributed by atoms with Crippen LogP contribution in [0.25, 0.3) is 0 Å². The molecule has 0 saturated carbocycles. The molecule has 1 aliphatic heterocycles. The lowest BCUT2D eigenvalue weighted by molar-refractivity contribution is 0.0899. The van der Waals surface area contributed by atoms with Gasteiger partial charge in [-0.25, -0.2) is 0 Å². The summed E-state index contributed by atoms with van der Waals surface area (Å²) in [6.45, 7) is 2.14. The van der Waals surface area contributed by atoms with Crippen molar-refractivity contribution in [2.75, 3.05) is 13.1 Å². The fourth-order valence-corrected chi connectivity index (χ4v) is 2.55. The van der Waals surface area contributed by atoms with E-state index in [1.54, 1.807) is 6.07 Å². The Balaban J connectivity index is 0.00000192. The number of amides is 1. The molecule has 23 heavy (non-hydrogen) atoms. The molecule has 1 saturated heterocycles. The normalized spacial score (nSPS) is 17.1. The minimum Gasteiger partial charge on any atom is -0.489 e. The van der Waals surface area contributed by atoms with Gasteiger partial charge in [0.15, 0.2) is 5.76 Å². The molecule has 1 fully saturated rings. The third kappa shape index (κ3) is 4.74. The fraction of sp³-hybridized carbons (Fsp3) is 0.353. The standard InChI is InChI=1S/C17H20N2O3.ClH/c20-17(19-14-5-4-9-18-11-14)16-13(8-10-21-16)12-22-15-6-2-1-3-7-15;/h1-3,6-8,10,14,18H,4-5,9,11-12H2,(H,19,20);1H/t14-;/m0./s1. The number of nitrogens with one attached hydrogen (secondary N) is 2. The van der Waals surface area contributed by atoms with E-state index in [9.17, 15) is 4.79 Å². The summed E-state index contributed by atoms with van der Waals surface area (Å²) in [5.41, 5.74) is 0.755. The van der Waals surface area contributed by atoms with Crippen molar-refractivity contribution in [2.24, 2.45) is 0 Å². The number of piperidine rings is 1. The summed E-state index contributed by atoms with van der Waals surface area (Å²) in [5.74, 6) is 0.929. The Labute approximate surface area is 141 Å². The van der Waals surface area contributed by atoms with Gasteiger partial charge in [0.05, 0.1) is 6.26 Å². The molecule has 5 nitrogen and oxygen atoms in total. The number of furan rings is 1. The number of hydrogen-bond acceptors (Lipinski definition) is 4. The number of benzene rings is 1. The van der Waals surface area contributed by atoms with Gasteiger partial charge in [0.25, 0.3) is 5.91 Å². The van der Waals surface area contributed by atoms with Crippen LogP contribution in [0.5, 0.6) is 5.75 Å². The van der Waals surface area contributed by atoms with E-state index in [1.165, 1.54) is 6.26 Å². The summed E-state index contributed by atoms with van der Waals surface area (Å²) in [5, 5.41) is 6.29. The van der Waals surface area contributed by atoms with E-state index in [-0.39, 0.29) is 24.4 Å². The van der Waals surface area contributed by atoms with Crippen molar-refractivity contribution in [3.8, 4) is 5.75 Å². The zero-order valence-electron chi connectivity index (χ0n) is 12.8. The van der Waals surface area contributed by atoms with E-state index >= 15 is 0 Å². The van der Waals surface area contributed by atoms with Gasteiger partial charge >= 0.3 is 0 Å². The third-order valence-corrected chi connectivity index (χ3v) is 3.72. The van der Waals surface area contributed by atoms with E-state index in [1.807, 2.05) is 30.3 Å². The van der Waals surface area contributed by atoms with Crippen LogP contribution in [0.4, 0.5) is 0 Å². The van der Waals surface area contributed by atoms with E-state index < -0.39 is 0 Å². The maximum absolute atomic E-state index is 12.3. The Morgan fingerprint density at radius 2 is 2.13 bits per heavy atom. The Kier molecular flexibility index (Phi) is 6.50. The van der Waals surface area contributed by atoms with Gasteiger partial charge in [-0.15, -0.1) is 12.4 Å². The highest BCUT2D eigenvalue weighted by atomic mass is 35.5. The van der Waals surface area contributed by atoms with Gasteiger partial charge in [-0.1, -0.05) is 18.2 Å². The zero-order valence-corrected chi connectivity index (χ0v) is 13.6. The molecule has 6 heteroatoms. The lowest BCUT2D eigenvalue weighted by Crippen LogP contribution is -2.45. The molecule has 1 aromatic carbocycles. The van der Waals surface area contributed by atoms with Crippen LogP contribution < -0.4 is 15.4 Å². The predicted octanol–water partition coefficient (Wildman–Crippen LogP) is 2.76. The molecule has 0 aliphatic carbocycles. The summed E-state index contributed by atoms with van der Waals surface area (Å²) in [6, 6.07) is 11.5. The summed E-state index contributed by atoms with van der Waals surface area (Å²) >= 11 is 0. The Hall–Kier alpha value is -1.98. The smallest absolute Gasteiger partial charge is 0.287 e. The highest BCUT2D eigenvalue weighted by molar-refractivity contribution is 5.93. The summed E-state index contributed by atoms with van der Waals surface area (Å²) < 4.78 is 11.0. The van der Waals surface area contributed by atoms with E-state index in [0.29, 0.717) is 12.4 Å². The van der Waals surface area contributed by atoms with Crippen molar-refractivity contribution in [1.82, 2.24) is 10.6 Å². The van der Waals surface area contributed by atoms with Crippen LogP contribution in [0.3, 0.4) is 0 Å². The molecule has 3 rings (SSSR count). The highest BCUT2D eigenvalue weighted by Gasteiger charge is 2.20. The second-order valence-corrected chi connectivity index (χ2v) is 5.39. The van der Waals surface area contributed by atoms with Crippen molar-refractivity contribution in [2.45, 2.75) is 25.5 Å². The van der Waals surface area contributed by atoms with Crippen molar-refractivity contribution >= 4 is 18.3 Å². The number of carbonyl (C=O) groups excluding carboxylic acids is 1. The molecule has 0 spiro atoms. The van der Waals surface area contributed by atoms with Crippen LogP contribution in [0, 0.1) is 0 Å². The first kappa shape index (κ1) is 17.4. The molecule has 2 N–H and O–H groups in total. The van der Waals surface area contributed by atoms with Crippen LogP contribution in [0.1, 0.15) is 29.0 Å². The average Bonchev–Trinajstić information content (AvgIpc) is 3.03. The Morgan fingerprint density at radius 3 is 2.87 bits per heavy atom. The van der Waals surface area contributed by atoms with E-state index in [0.717, 1.165) is 37.2 Å². The molecule has 0 unspecified atom stereocenters. The largest absolute Gasteiger partial charge is 0.489 e. The number of halogens is 1. The lowest BCUT2D eigenvalue weighted by atomic mass is 10.1. The van der Waals surface area contributed by atoms with Crippen LogP contribution in [0.2, 0.25) is 0 Å². The third-order valence-electron chi connectivity index (χ3n) is 3.72. The number of rotatable bonds is 5. The van der Waals surface area contributed by atoms with Gasteiger partial charge in [0.1, 0.15) is 12.4 Å². The molecule has 2 aromatic rings. The van der Waals surface area contributed by atoms with Gasteiger partial charge in [-0.2, -0.15) is 0 Å². The van der Waals surface area contributed by atoms with Crippen LogP contribution in [0.15, 0.2) is 47.1 Å². The minimum atomic E-state index is -0.176. The van der Waals surface area contributed by atoms with Crippen LogP contribution >= 0.6 is 12.4 Å². The molecular formula is C17H21ClN2O3. The van der Waals surface area contributed by atoms with Crippen LogP contribution in [-0.2, 0) is 6.61 Å². The number of ether oxygens (including phenoxy) is 1. The maximum atomic E-state index is 12.3. The minimum absolute atomic E-state index is 0. The molecule has 0 bridgehead atoms. The molecule has 1 amide bonds. The van der Waals surface area contributed by atoms with Crippen molar-refractivity contribution in [3.05, 3.63) is 54.0 Å². The fourth-order valence-electron chi connectivity index (χ4n) is 2.55. The summed E-state index contributed by atoms with van der Waals surface area (Å²) in [6.07, 6.45) is 3.60. The van der Waals surface area contributed by atoms with Gasteiger partial charge in [0, 0.05) is 18.2 Å².